The molecule has 0 unspecified atom stereocenters. The predicted molar refractivity (Wildman–Crippen MR) is 94.1 cm³/mol. The van der Waals surface area contributed by atoms with E-state index in [0.717, 1.165) is 30.5 Å². The van der Waals surface area contributed by atoms with Gasteiger partial charge in [0.2, 0.25) is 0 Å². The molecule has 2 aromatic rings. The van der Waals surface area contributed by atoms with Crippen LogP contribution in [0.4, 0.5) is 0 Å². The van der Waals surface area contributed by atoms with Gasteiger partial charge in [0.15, 0.2) is 0 Å². The maximum atomic E-state index is 12.7. The van der Waals surface area contributed by atoms with Gasteiger partial charge in [-0.2, -0.15) is 5.10 Å². The quantitative estimate of drug-likeness (QED) is 0.876. The number of hydrogen-bond donors (Lipinski definition) is 2. The Morgan fingerprint density at radius 1 is 1.20 bits per heavy atom. The summed E-state index contributed by atoms with van der Waals surface area (Å²) in [5.41, 5.74) is 1.25. The summed E-state index contributed by atoms with van der Waals surface area (Å²) in [7, 11) is 1.79. The number of carboxylic acid groups (broad SMARTS) is 1. The normalized spacial score (nSPS) is 16.4. The Bertz CT molecular complexity index is 761. The molecule has 25 heavy (non-hydrogen) atoms. The van der Waals surface area contributed by atoms with Crippen molar-refractivity contribution in [1.82, 2.24) is 15.1 Å². The third kappa shape index (κ3) is 3.43. The van der Waals surface area contributed by atoms with E-state index < -0.39 is 11.4 Å². The zero-order chi connectivity index (χ0) is 17.9. The first-order valence-corrected chi connectivity index (χ1v) is 8.62. The average molecular weight is 341 g/mol. The van der Waals surface area contributed by atoms with Gasteiger partial charge in [-0.05, 0) is 12.8 Å². The lowest BCUT2D eigenvalue weighted by molar-refractivity contribution is -0.150. The summed E-state index contributed by atoms with van der Waals surface area (Å²) in [5.74, 6) is -1.10. The maximum Gasteiger partial charge on any atom is 0.311 e. The van der Waals surface area contributed by atoms with Crippen LogP contribution in [0.2, 0.25) is 0 Å². The zero-order valence-electron chi connectivity index (χ0n) is 14.4. The minimum absolute atomic E-state index is 0.157. The Labute approximate surface area is 146 Å². The van der Waals surface area contributed by atoms with Crippen LogP contribution in [0.1, 0.15) is 42.5 Å². The van der Waals surface area contributed by atoms with Gasteiger partial charge >= 0.3 is 5.97 Å². The molecule has 1 aliphatic rings. The summed E-state index contributed by atoms with van der Waals surface area (Å²) in [4.78, 5) is 24.5. The highest BCUT2D eigenvalue weighted by Gasteiger charge is 2.40. The highest BCUT2D eigenvalue weighted by Crippen LogP contribution is 2.36. The van der Waals surface area contributed by atoms with Crippen molar-refractivity contribution in [2.45, 2.75) is 32.1 Å². The molecule has 0 bridgehead atoms. The van der Waals surface area contributed by atoms with Gasteiger partial charge in [0.25, 0.3) is 5.91 Å². The number of carbonyl (C=O) groups excluding carboxylic acids is 1. The van der Waals surface area contributed by atoms with Gasteiger partial charge in [0.05, 0.1) is 22.9 Å². The monoisotopic (exact) mass is 341 g/mol. The molecule has 2 N–H and O–H groups in total. The van der Waals surface area contributed by atoms with Crippen molar-refractivity contribution >= 4 is 11.9 Å². The minimum Gasteiger partial charge on any atom is -0.481 e. The number of amides is 1. The van der Waals surface area contributed by atoms with Gasteiger partial charge < -0.3 is 10.4 Å². The number of carbonyl (C=O) groups is 2. The van der Waals surface area contributed by atoms with E-state index >= 15 is 0 Å². The van der Waals surface area contributed by atoms with Crippen molar-refractivity contribution < 1.29 is 14.7 Å². The number of aromatic nitrogens is 2. The fourth-order valence-electron chi connectivity index (χ4n) is 3.58. The summed E-state index contributed by atoms with van der Waals surface area (Å²) >= 11 is 0. The molecule has 1 amide bonds. The van der Waals surface area contributed by atoms with E-state index in [1.165, 1.54) is 6.20 Å². The molecule has 0 spiro atoms. The number of nitrogens with zero attached hydrogens (tertiary/aromatic N) is 2. The molecule has 1 fully saturated rings. The lowest BCUT2D eigenvalue weighted by atomic mass is 9.74. The van der Waals surface area contributed by atoms with Crippen molar-refractivity contribution in [1.29, 1.82) is 0 Å². The van der Waals surface area contributed by atoms with Gasteiger partial charge in [0, 0.05) is 19.2 Å². The molecule has 3 rings (SSSR count). The number of carboxylic acids is 1. The molecule has 0 radical (unpaired) electrons. The van der Waals surface area contributed by atoms with Crippen LogP contribution >= 0.6 is 0 Å². The SMILES string of the molecule is Cn1ncc(C(=O)NCC2(C(=O)O)CCCCC2)c1-c1ccccc1. The van der Waals surface area contributed by atoms with Crippen LogP contribution in [0.5, 0.6) is 0 Å². The third-order valence-electron chi connectivity index (χ3n) is 5.08. The summed E-state index contributed by atoms with van der Waals surface area (Å²) in [6.07, 6.45) is 5.60. The van der Waals surface area contributed by atoms with Crippen molar-refractivity contribution in [3.63, 3.8) is 0 Å². The third-order valence-corrected chi connectivity index (χ3v) is 5.08. The number of benzene rings is 1. The van der Waals surface area contributed by atoms with E-state index in [9.17, 15) is 14.7 Å². The van der Waals surface area contributed by atoms with Crippen LogP contribution in [0.25, 0.3) is 11.3 Å². The first-order chi connectivity index (χ1) is 12.0. The van der Waals surface area contributed by atoms with Crippen molar-refractivity contribution in [3.05, 3.63) is 42.1 Å². The van der Waals surface area contributed by atoms with Gasteiger partial charge in [-0.1, -0.05) is 49.6 Å². The summed E-state index contributed by atoms with van der Waals surface area (Å²) in [6, 6.07) is 9.58. The molecule has 1 heterocycles. The first kappa shape index (κ1) is 17.2. The lowest BCUT2D eigenvalue weighted by Gasteiger charge is -2.33. The van der Waals surface area contributed by atoms with Crippen molar-refractivity contribution in [3.8, 4) is 11.3 Å². The fourth-order valence-corrected chi connectivity index (χ4v) is 3.58. The van der Waals surface area contributed by atoms with Gasteiger partial charge in [0.1, 0.15) is 0 Å². The Balaban J connectivity index is 1.79. The molecule has 1 saturated carbocycles. The van der Waals surface area contributed by atoms with Crippen LogP contribution in [-0.2, 0) is 11.8 Å². The molecule has 6 heteroatoms. The van der Waals surface area contributed by atoms with Crippen LogP contribution < -0.4 is 5.32 Å². The van der Waals surface area contributed by atoms with Gasteiger partial charge in [-0.25, -0.2) is 0 Å². The van der Waals surface area contributed by atoms with E-state index in [4.69, 9.17) is 0 Å². The highest BCUT2D eigenvalue weighted by atomic mass is 16.4. The van der Waals surface area contributed by atoms with Crippen LogP contribution in [0.3, 0.4) is 0 Å². The molecule has 1 aliphatic carbocycles. The number of nitrogens with one attached hydrogen (secondary N) is 1. The largest absolute Gasteiger partial charge is 0.481 e. The van der Waals surface area contributed by atoms with Gasteiger partial charge in [-0.15, -0.1) is 0 Å². The van der Waals surface area contributed by atoms with E-state index in [2.05, 4.69) is 10.4 Å². The first-order valence-electron chi connectivity index (χ1n) is 8.62. The number of aryl methyl sites for hydroxylation is 1. The highest BCUT2D eigenvalue weighted by molar-refractivity contribution is 6.00. The number of hydrogen-bond acceptors (Lipinski definition) is 3. The molecule has 0 atom stereocenters. The summed E-state index contributed by atoms with van der Waals surface area (Å²) in [5, 5.41) is 16.7. The summed E-state index contributed by atoms with van der Waals surface area (Å²) < 4.78 is 1.66. The second-order valence-corrected chi connectivity index (χ2v) is 6.73. The minimum atomic E-state index is -0.844. The lowest BCUT2D eigenvalue weighted by Crippen LogP contribution is -2.44. The second kappa shape index (κ2) is 7.09. The fraction of sp³-hybridized carbons (Fsp3) is 0.421. The van der Waals surface area contributed by atoms with Crippen molar-refractivity contribution in [2.24, 2.45) is 12.5 Å². The van der Waals surface area contributed by atoms with Crippen LogP contribution in [0, 0.1) is 5.41 Å². The van der Waals surface area contributed by atoms with E-state index in [0.29, 0.717) is 18.4 Å². The Morgan fingerprint density at radius 3 is 2.52 bits per heavy atom. The molecule has 1 aromatic heterocycles. The second-order valence-electron chi connectivity index (χ2n) is 6.73. The molecule has 6 nitrogen and oxygen atoms in total. The number of rotatable bonds is 5. The van der Waals surface area contributed by atoms with Crippen molar-refractivity contribution in [2.75, 3.05) is 6.54 Å². The van der Waals surface area contributed by atoms with E-state index in [1.807, 2.05) is 30.3 Å². The van der Waals surface area contributed by atoms with Crippen LogP contribution in [-0.4, -0.2) is 33.3 Å². The standard InChI is InChI=1S/C19H23N3O3/c1-22-16(14-8-4-2-5-9-14)15(12-21-22)17(23)20-13-19(18(24)25)10-6-3-7-11-19/h2,4-5,8-9,12H,3,6-7,10-11,13H2,1H3,(H,20,23)(H,24,25). The van der Waals surface area contributed by atoms with E-state index in [-0.39, 0.29) is 12.5 Å². The average Bonchev–Trinajstić information content (AvgIpc) is 3.02. The topological polar surface area (TPSA) is 84.2 Å². The Kier molecular flexibility index (Phi) is 4.88. The number of aliphatic carboxylic acids is 1. The molecule has 0 aliphatic heterocycles. The van der Waals surface area contributed by atoms with Gasteiger partial charge in [-0.3, -0.25) is 14.3 Å². The van der Waals surface area contributed by atoms with E-state index in [1.54, 1.807) is 11.7 Å². The molecular weight excluding hydrogens is 318 g/mol. The smallest absolute Gasteiger partial charge is 0.311 e. The molecule has 0 saturated heterocycles. The molecular formula is C19H23N3O3. The molecule has 1 aromatic carbocycles. The predicted octanol–water partition coefficient (Wildman–Crippen LogP) is 2.85. The molecule has 132 valence electrons. The Hall–Kier alpha value is -2.63. The zero-order valence-corrected chi connectivity index (χ0v) is 14.4. The Morgan fingerprint density at radius 2 is 1.88 bits per heavy atom. The van der Waals surface area contributed by atoms with Crippen LogP contribution in [0.15, 0.2) is 36.5 Å². The maximum absolute atomic E-state index is 12.7. The summed E-state index contributed by atoms with van der Waals surface area (Å²) in [6.45, 7) is 0.157.